The van der Waals surface area contributed by atoms with Crippen molar-refractivity contribution in [2.75, 3.05) is 26.3 Å². The Morgan fingerprint density at radius 2 is 2.19 bits per heavy atom. The Hall–Kier alpha value is -2.96. The lowest BCUT2D eigenvalue weighted by molar-refractivity contribution is -0.385. The van der Waals surface area contributed by atoms with Gasteiger partial charge in [-0.1, -0.05) is 0 Å². The maximum absolute atomic E-state index is 11.2. The summed E-state index contributed by atoms with van der Waals surface area (Å²) in [5.74, 6) is 0.709. The van der Waals surface area contributed by atoms with E-state index in [1.54, 1.807) is 12.1 Å². The Labute approximate surface area is 167 Å². The molecule has 10 nitrogen and oxygen atoms in total. The molecule has 1 aromatic heterocycles. The quantitative estimate of drug-likeness (QED) is 0.199. The lowest BCUT2D eigenvalue weighted by Gasteiger charge is -2.12. The van der Waals surface area contributed by atoms with Crippen molar-refractivity contribution < 1.29 is 23.9 Å². The summed E-state index contributed by atoms with van der Waals surface area (Å²) >= 11 is 2.05. The second-order valence-electron chi connectivity index (χ2n) is 4.93. The average molecular weight is 486 g/mol. The fourth-order valence-corrected chi connectivity index (χ4v) is 2.66. The third kappa shape index (κ3) is 5.77. The minimum atomic E-state index is -0.530. The van der Waals surface area contributed by atoms with Gasteiger partial charge >= 0.3 is 5.97 Å². The predicted octanol–water partition coefficient (Wildman–Crippen LogP) is 2.60. The van der Waals surface area contributed by atoms with Crippen molar-refractivity contribution in [3.8, 4) is 11.5 Å². The van der Waals surface area contributed by atoms with Crippen LogP contribution in [0.15, 0.2) is 35.6 Å². The molecule has 0 aliphatic carbocycles. The summed E-state index contributed by atoms with van der Waals surface area (Å²) in [5, 5.41) is 14.6. The highest BCUT2D eigenvalue weighted by Gasteiger charge is 2.13. The molecule has 1 aromatic carbocycles. The van der Waals surface area contributed by atoms with Gasteiger partial charge in [-0.25, -0.2) is 9.78 Å². The minimum Gasteiger partial charge on any atom is -0.493 e. The van der Waals surface area contributed by atoms with Crippen molar-refractivity contribution >= 4 is 46.3 Å². The number of benzene rings is 1. The molecular weight excluding hydrogens is 471 g/mol. The number of rotatable bonds is 8. The summed E-state index contributed by atoms with van der Waals surface area (Å²) in [4.78, 5) is 25.2. The second kappa shape index (κ2) is 9.66. The number of hydrogen-bond donors (Lipinski definition) is 1. The van der Waals surface area contributed by atoms with Gasteiger partial charge < -0.3 is 14.2 Å². The van der Waals surface area contributed by atoms with Crippen molar-refractivity contribution in [1.29, 1.82) is 0 Å². The first-order valence-electron chi connectivity index (χ1n) is 7.41. The average Bonchev–Trinajstić information content (AvgIpc) is 2.66. The standard InChI is InChI=1S/C16H15IN4O6/c1-25-13-6-10(5-12(17)16(13)27-9-15(22)26-2)7-19-20-14-4-3-11(8-18-14)21(23)24/h3-8H,9H2,1-2H3,(H,18,20)/b19-7+. The van der Waals surface area contributed by atoms with E-state index >= 15 is 0 Å². The highest BCUT2D eigenvalue weighted by Crippen LogP contribution is 2.33. The van der Waals surface area contributed by atoms with Crippen molar-refractivity contribution in [3.05, 3.63) is 49.7 Å². The summed E-state index contributed by atoms with van der Waals surface area (Å²) in [5.41, 5.74) is 3.28. The number of carbonyl (C=O) groups is 1. The number of hydrogen-bond acceptors (Lipinski definition) is 9. The van der Waals surface area contributed by atoms with E-state index in [1.165, 1.54) is 32.6 Å². The zero-order chi connectivity index (χ0) is 19.8. The molecular formula is C16H15IN4O6. The van der Waals surface area contributed by atoms with Gasteiger partial charge in [0.1, 0.15) is 12.0 Å². The monoisotopic (exact) mass is 486 g/mol. The molecule has 2 aromatic rings. The normalized spacial score (nSPS) is 10.5. The molecule has 0 unspecified atom stereocenters. The van der Waals surface area contributed by atoms with E-state index in [0.29, 0.717) is 26.5 Å². The molecule has 0 amide bonds. The van der Waals surface area contributed by atoms with Gasteiger partial charge in [0.05, 0.1) is 28.9 Å². The molecule has 2 rings (SSSR count). The number of nitrogens with one attached hydrogen (secondary N) is 1. The molecule has 0 aliphatic heterocycles. The van der Waals surface area contributed by atoms with Gasteiger partial charge in [-0.3, -0.25) is 15.5 Å². The first-order chi connectivity index (χ1) is 12.9. The zero-order valence-corrected chi connectivity index (χ0v) is 16.5. The van der Waals surface area contributed by atoms with Crippen LogP contribution < -0.4 is 14.9 Å². The molecule has 1 N–H and O–H groups in total. The fourth-order valence-electron chi connectivity index (χ4n) is 1.88. The van der Waals surface area contributed by atoms with Crippen LogP contribution in [0.3, 0.4) is 0 Å². The van der Waals surface area contributed by atoms with Crippen LogP contribution in [0.2, 0.25) is 0 Å². The smallest absolute Gasteiger partial charge is 0.343 e. The molecule has 142 valence electrons. The third-order valence-electron chi connectivity index (χ3n) is 3.17. The number of halogens is 1. The highest BCUT2D eigenvalue weighted by molar-refractivity contribution is 14.1. The van der Waals surface area contributed by atoms with Crippen molar-refractivity contribution in [2.45, 2.75) is 0 Å². The molecule has 0 radical (unpaired) electrons. The number of ether oxygens (including phenoxy) is 3. The first-order valence-corrected chi connectivity index (χ1v) is 8.49. The van der Waals surface area contributed by atoms with Crippen LogP contribution in [-0.2, 0) is 9.53 Å². The number of carbonyl (C=O) groups excluding carboxylic acids is 1. The largest absolute Gasteiger partial charge is 0.493 e. The van der Waals surface area contributed by atoms with E-state index in [4.69, 9.17) is 9.47 Å². The molecule has 0 saturated heterocycles. The number of esters is 1. The zero-order valence-electron chi connectivity index (χ0n) is 14.3. The maximum atomic E-state index is 11.2. The van der Waals surface area contributed by atoms with Crippen LogP contribution in [0.5, 0.6) is 11.5 Å². The van der Waals surface area contributed by atoms with Crippen LogP contribution in [-0.4, -0.2) is 42.9 Å². The first kappa shape index (κ1) is 20.4. The topological polar surface area (TPSA) is 125 Å². The molecule has 11 heteroatoms. The van der Waals surface area contributed by atoms with Crippen LogP contribution in [0, 0.1) is 13.7 Å². The Balaban J connectivity index is 2.09. The number of pyridine rings is 1. The Morgan fingerprint density at radius 3 is 2.78 bits per heavy atom. The second-order valence-corrected chi connectivity index (χ2v) is 6.09. The minimum absolute atomic E-state index is 0.105. The summed E-state index contributed by atoms with van der Waals surface area (Å²) in [6.45, 7) is -0.232. The van der Waals surface area contributed by atoms with Crippen LogP contribution in [0.4, 0.5) is 11.5 Å². The van der Waals surface area contributed by atoms with Gasteiger partial charge in [-0.2, -0.15) is 5.10 Å². The van der Waals surface area contributed by atoms with Crippen molar-refractivity contribution in [3.63, 3.8) is 0 Å². The van der Waals surface area contributed by atoms with Crippen LogP contribution in [0.1, 0.15) is 5.56 Å². The molecule has 0 fully saturated rings. The van der Waals surface area contributed by atoms with Gasteiger partial charge in [-0.05, 0) is 46.4 Å². The molecule has 1 heterocycles. The van der Waals surface area contributed by atoms with Crippen LogP contribution in [0.25, 0.3) is 0 Å². The summed E-state index contributed by atoms with van der Waals surface area (Å²) in [7, 11) is 2.76. The number of hydrazone groups is 1. The lowest BCUT2D eigenvalue weighted by Crippen LogP contribution is -2.13. The van der Waals surface area contributed by atoms with Crippen molar-refractivity contribution in [1.82, 2.24) is 4.98 Å². The van der Waals surface area contributed by atoms with E-state index in [9.17, 15) is 14.9 Å². The number of nitro groups is 1. The number of nitrogens with zero attached hydrogens (tertiary/aromatic N) is 3. The SMILES string of the molecule is COC(=O)COc1c(I)cc(/C=N/Nc2ccc([N+](=O)[O-])cn2)cc1OC. The number of methoxy groups -OCH3 is 2. The molecule has 0 spiro atoms. The summed E-state index contributed by atoms with van der Waals surface area (Å²) in [6.07, 6.45) is 2.66. The lowest BCUT2D eigenvalue weighted by atomic mass is 10.2. The van der Waals surface area contributed by atoms with E-state index in [1.807, 2.05) is 0 Å². The predicted molar refractivity (Wildman–Crippen MR) is 105 cm³/mol. The fraction of sp³-hybridized carbons (Fsp3) is 0.188. The Morgan fingerprint density at radius 1 is 1.41 bits per heavy atom. The van der Waals surface area contributed by atoms with Gasteiger partial charge in [-0.15, -0.1) is 0 Å². The van der Waals surface area contributed by atoms with E-state index < -0.39 is 10.9 Å². The molecule has 0 saturated carbocycles. The third-order valence-corrected chi connectivity index (χ3v) is 3.97. The van der Waals surface area contributed by atoms with E-state index in [-0.39, 0.29) is 12.3 Å². The molecule has 0 bridgehead atoms. The molecule has 0 aliphatic rings. The molecule has 27 heavy (non-hydrogen) atoms. The number of anilines is 1. The summed E-state index contributed by atoms with van der Waals surface area (Å²) < 4.78 is 16.0. The van der Waals surface area contributed by atoms with Crippen molar-refractivity contribution in [2.24, 2.45) is 5.10 Å². The molecule has 0 atom stereocenters. The number of aromatic nitrogens is 1. The van der Waals surface area contributed by atoms with Gasteiger partial charge in [0.15, 0.2) is 18.1 Å². The van der Waals surface area contributed by atoms with Gasteiger partial charge in [0, 0.05) is 6.07 Å². The van der Waals surface area contributed by atoms with E-state index in [0.717, 1.165) is 6.20 Å². The maximum Gasteiger partial charge on any atom is 0.343 e. The van der Waals surface area contributed by atoms with E-state index in [2.05, 4.69) is 42.8 Å². The highest BCUT2D eigenvalue weighted by atomic mass is 127. The Bertz CT molecular complexity index is 857. The van der Waals surface area contributed by atoms with Gasteiger partial charge in [0.25, 0.3) is 5.69 Å². The Kier molecular flexibility index (Phi) is 7.28. The van der Waals surface area contributed by atoms with Gasteiger partial charge in [0.2, 0.25) is 0 Å². The van der Waals surface area contributed by atoms with Crippen LogP contribution >= 0.6 is 22.6 Å². The summed E-state index contributed by atoms with van der Waals surface area (Å²) in [6, 6.07) is 6.24.